The van der Waals surface area contributed by atoms with Gasteiger partial charge in [-0.05, 0) is 54.5 Å². The molecule has 1 aliphatic carbocycles. The smallest absolute Gasteiger partial charge is 0.0505 e. The molecule has 0 bridgehead atoms. The molecule has 0 radical (unpaired) electrons. The van der Waals surface area contributed by atoms with Crippen LogP contribution in [0.5, 0.6) is 0 Å². The Kier molecular flexibility index (Phi) is 3.94. The van der Waals surface area contributed by atoms with Crippen molar-refractivity contribution in [1.82, 2.24) is 5.43 Å². The van der Waals surface area contributed by atoms with Gasteiger partial charge in [-0.25, -0.2) is 0 Å². The van der Waals surface area contributed by atoms with Crippen LogP contribution < -0.4 is 11.3 Å². The molecule has 15 heavy (non-hydrogen) atoms. The first kappa shape index (κ1) is 10.9. The normalized spacial score (nSPS) is 18.6. The van der Waals surface area contributed by atoms with E-state index in [9.17, 15) is 0 Å². The Balaban J connectivity index is 1.99. The highest BCUT2D eigenvalue weighted by Gasteiger charge is 2.13. The lowest BCUT2D eigenvalue weighted by molar-refractivity contribution is 0.530. The van der Waals surface area contributed by atoms with Crippen molar-refractivity contribution in [3.05, 3.63) is 34.0 Å². The van der Waals surface area contributed by atoms with Gasteiger partial charge in [0.25, 0.3) is 0 Å². The maximum absolute atomic E-state index is 5.61. The van der Waals surface area contributed by atoms with Crippen molar-refractivity contribution in [2.75, 3.05) is 0 Å². The van der Waals surface area contributed by atoms with Gasteiger partial charge in [0.15, 0.2) is 0 Å². The van der Waals surface area contributed by atoms with Crippen LogP contribution >= 0.6 is 11.3 Å². The molecule has 0 spiro atoms. The first-order valence-electron chi connectivity index (χ1n) is 5.56. The van der Waals surface area contributed by atoms with Crippen molar-refractivity contribution >= 4 is 11.3 Å². The van der Waals surface area contributed by atoms with Gasteiger partial charge in [-0.2, -0.15) is 11.3 Å². The summed E-state index contributed by atoms with van der Waals surface area (Å²) >= 11 is 1.73. The predicted molar refractivity (Wildman–Crippen MR) is 65.6 cm³/mol. The van der Waals surface area contributed by atoms with Gasteiger partial charge < -0.3 is 0 Å². The predicted octanol–water partition coefficient (Wildman–Crippen LogP) is 3.14. The van der Waals surface area contributed by atoms with Crippen LogP contribution in [-0.2, 0) is 0 Å². The van der Waals surface area contributed by atoms with Gasteiger partial charge in [0.05, 0.1) is 6.04 Å². The quantitative estimate of drug-likeness (QED) is 0.466. The maximum atomic E-state index is 5.61. The maximum Gasteiger partial charge on any atom is 0.0505 e. The molecule has 2 rings (SSSR count). The number of nitrogens with one attached hydrogen (secondary N) is 1. The third-order valence-corrected chi connectivity index (χ3v) is 3.70. The summed E-state index contributed by atoms with van der Waals surface area (Å²) in [6.45, 7) is 0. The van der Waals surface area contributed by atoms with E-state index in [0.717, 1.165) is 6.42 Å². The number of thiophene rings is 1. The van der Waals surface area contributed by atoms with Crippen molar-refractivity contribution in [2.45, 2.75) is 38.1 Å². The Morgan fingerprint density at radius 1 is 1.47 bits per heavy atom. The zero-order valence-electron chi connectivity index (χ0n) is 8.91. The van der Waals surface area contributed by atoms with Crippen molar-refractivity contribution in [3.8, 4) is 0 Å². The highest BCUT2D eigenvalue weighted by Crippen LogP contribution is 2.27. The van der Waals surface area contributed by atoms with Gasteiger partial charge in [0, 0.05) is 0 Å². The number of hydrazine groups is 1. The summed E-state index contributed by atoms with van der Waals surface area (Å²) in [7, 11) is 0. The molecule has 1 aliphatic rings. The van der Waals surface area contributed by atoms with Crippen molar-refractivity contribution in [1.29, 1.82) is 0 Å². The molecule has 1 aromatic rings. The molecule has 0 fully saturated rings. The van der Waals surface area contributed by atoms with E-state index in [4.69, 9.17) is 5.84 Å². The first-order valence-corrected chi connectivity index (χ1v) is 6.50. The number of hydrogen-bond donors (Lipinski definition) is 2. The Hall–Kier alpha value is -0.640. The van der Waals surface area contributed by atoms with Crippen molar-refractivity contribution in [3.63, 3.8) is 0 Å². The van der Waals surface area contributed by atoms with Crippen LogP contribution in [-0.4, -0.2) is 0 Å². The Labute approximate surface area is 95.2 Å². The van der Waals surface area contributed by atoms with Gasteiger partial charge in [0.1, 0.15) is 0 Å². The van der Waals surface area contributed by atoms with Gasteiger partial charge in [0.2, 0.25) is 0 Å². The number of nitrogens with two attached hydrogens (primary N) is 1. The number of rotatable bonds is 4. The highest BCUT2D eigenvalue weighted by molar-refractivity contribution is 7.07. The summed E-state index contributed by atoms with van der Waals surface area (Å²) in [5, 5.41) is 4.28. The molecule has 3 heteroatoms. The molecule has 0 saturated heterocycles. The summed E-state index contributed by atoms with van der Waals surface area (Å²) < 4.78 is 0. The van der Waals surface area contributed by atoms with E-state index in [1.54, 1.807) is 16.9 Å². The van der Waals surface area contributed by atoms with Gasteiger partial charge >= 0.3 is 0 Å². The van der Waals surface area contributed by atoms with E-state index in [0.29, 0.717) is 6.04 Å². The molecule has 3 N–H and O–H groups in total. The summed E-state index contributed by atoms with van der Waals surface area (Å²) in [6, 6.07) is 2.44. The van der Waals surface area contributed by atoms with E-state index in [2.05, 4.69) is 28.3 Å². The first-order chi connectivity index (χ1) is 7.40. The second kappa shape index (κ2) is 5.45. The van der Waals surface area contributed by atoms with E-state index in [-0.39, 0.29) is 0 Å². The second-order valence-corrected chi connectivity index (χ2v) is 4.87. The van der Waals surface area contributed by atoms with Crippen LogP contribution in [0, 0.1) is 0 Å². The van der Waals surface area contributed by atoms with E-state index >= 15 is 0 Å². The van der Waals surface area contributed by atoms with Crippen molar-refractivity contribution < 1.29 is 0 Å². The van der Waals surface area contributed by atoms with Crippen LogP contribution in [0.15, 0.2) is 28.5 Å². The van der Waals surface area contributed by atoms with E-state index in [1.807, 2.05) is 0 Å². The molecule has 0 amide bonds. The Bertz CT molecular complexity index is 316. The highest BCUT2D eigenvalue weighted by atomic mass is 32.1. The molecule has 0 saturated carbocycles. The SMILES string of the molecule is NNC(CC1=CCCCC1)c1ccsc1. The third-order valence-electron chi connectivity index (χ3n) is 3.00. The molecule has 1 unspecified atom stereocenters. The van der Waals surface area contributed by atoms with Gasteiger partial charge in [-0.1, -0.05) is 11.6 Å². The lowest BCUT2D eigenvalue weighted by atomic mass is 9.93. The molecule has 1 aromatic heterocycles. The third kappa shape index (κ3) is 2.91. The molecule has 82 valence electrons. The summed E-state index contributed by atoms with van der Waals surface area (Å²) in [6.07, 6.45) is 8.64. The largest absolute Gasteiger partial charge is 0.271 e. The minimum absolute atomic E-state index is 0.292. The van der Waals surface area contributed by atoms with Gasteiger partial charge in [-0.15, -0.1) is 0 Å². The average molecular weight is 222 g/mol. The molecule has 0 aliphatic heterocycles. The zero-order chi connectivity index (χ0) is 10.5. The second-order valence-electron chi connectivity index (χ2n) is 4.09. The van der Waals surface area contributed by atoms with Crippen molar-refractivity contribution in [2.24, 2.45) is 5.84 Å². The van der Waals surface area contributed by atoms with Gasteiger partial charge in [-0.3, -0.25) is 11.3 Å². The Morgan fingerprint density at radius 2 is 2.40 bits per heavy atom. The molecule has 1 heterocycles. The summed E-state index contributed by atoms with van der Waals surface area (Å²) in [4.78, 5) is 0. The fourth-order valence-electron chi connectivity index (χ4n) is 2.10. The number of hydrogen-bond acceptors (Lipinski definition) is 3. The van der Waals surface area contributed by atoms with Crippen LogP contribution in [0.3, 0.4) is 0 Å². The minimum Gasteiger partial charge on any atom is -0.271 e. The fourth-order valence-corrected chi connectivity index (χ4v) is 2.81. The van der Waals surface area contributed by atoms with E-state index < -0.39 is 0 Å². The zero-order valence-corrected chi connectivity index (χ0v) is 9.72. The molecule has 1 atom stereocenters. The summed E-state index contributed by atoms with van der Waals surface area (Å²) in [5.41, 5.74) is 5.80. The molecular formula is C12H18N2S. The fraction of sp³-hybridized carbons (Fsp3) is 0.500. The topological polar surface area (TPSA) is 38.0 Å². The lowest BCUT2D eigenvalue weighted by Crippen LogP contribution is -2.28. The average Bonchev–Trinajstić information content (AvgIpc) is 2.81. The molecule has 0 aromatic carbocycles. The number of allylic oxidation sites excluding steroid dienone is 1. The van der Waals surface area contributed by atoms with Crippen LogP contribution in [0.4, 0.5) is 0 Å². The minimum atomic E-state index is 0.292. The summed E-state index contributed by atoms with van der Waals surface area (Å²) in [5.74, 6) is 5.61. The molecular weight excluding hydrogens is 204 g/mol. The van der Waals surface area contributed by atoms with Crippen LogP contribution in [0.2, 0.25) is 0 Å². The Morgan fingerprint density at radius 3 is 3.00 bits per heavy atom. The van der Waals surface area contributed by atoms with Crippen LogP contribution in [0.1, 0.15) is 43.7 Å². The standard InChI is InChI=1S/C12H18N2S/c13-14-12(11-6-7-15-9-11)8-10-4-2-1-3-5-10/h4,6-7,9,12,14H,1-3,5,8,13H2. The molecule has 2 nitrogen and oxygen atoms in total. The monoisotopic (exact) mass is 222 g/mol. The van der Waals surface area contributed by atoms with E-state index in [1.165, 1.54) is 31.2 Å². The van der Waals surface area contributed by atoms with Crippen LogP contribution in [0.25, 0.3) is 0 Å². The lowest BCUT2D eigenvalue weighted by Gasteiger charge is -2.19.